The van der Waals surface area contributed by atoms with E-state index in [0.29, 0.717) is 22.8 Å². The fraction of sp³-hybridized carbons (Fsp3) is 0.259. The number of rotatable bonds is 6. The van der Waals surface area contributed by atoms with Crippen LogP contribution in [-0.2, 0) is 20.9 Å². The summed E-state index contributed by atoms with van der Waals surface area (Å²) in [5.41, 5.74) is 4.51. The normalized spacial score (nSPS) is 17.8. The molecule has 1 N–H and O–H groups in total. The molecular weight excluding hydrogens is 455 g/mol. The Morgan fingerprint density at radius 3 is 2.50 bits per heavy atom. The van der Waals surface area contributed by atoms with Crippen LogP contribution in [0.5, 0.6) is 0 Å². The number of nitrogens with one attached hydrogen (secondary N) is 1. The lowest BCUT2D eigenvalue weighted by molar-refractivity contribution is -0.128. The van der Waals surface area contributed by atoms with Crippen LogP contribution >= 0.6 is 11.6 Å². The van der Waals surface area contributed by atoms with Crippen molar-refractivity contribution in [2.24, 2.45) is 5.92 Å². The van der Waals surface area contributed by atoms with Crippen LogP contribution < -0.4 is 5.32 Å². The molecule has 0 radical (unpaired) electrons. The summed E-state index contributed by atoms with van der Waals surface area (Å²) < 4.78 is 13.2. The van der Waals surface area contributed by atoms with Gasteiger partial charge in [0.25, 0.3) is 0 Å². The number of carbonyl (C=O) groups is 3. The zero-order valence-electron chi connectivity index (χ0n) is 18.9. The van der Waals surface area contributed by atoms with Crippen LogP contribution in [0.4, 0.5) is 4.39 Å². The number of benzene rings is 2. The Kier molecular flexibility index (Phi) is 6.89. The van der Waals surface area contributed by atoms with E-state index in [1.54, 1.807) is 24.3 Å². The second-order valence-electron chi connectivity index (χ2n) is 8.70. The molecule has 0 bridgehead atoms. The molecule has 1 fully saturated rings. The molecule has 4 rings (SSSR count). The first-order valence-corrected chi connectivity index (χ1v) is 11.4. The van der Waals surface area contributed by atoms with Gasteiger partial charge in [0.2, 0.25) is 5.91 Å². The van der Waals surface area contributed by atoms with Crippen molar-refractivity contribution in [3.63, 3.8) is 0 Å². The average molecular weight is 479 g/mol. The molecule has 2 aromatic carbocycles. The Morgan fingerprint density at radius 2 is 1.85 bits per heavy atom. The summed E-state index contributed by atoms with van der Waals surface area (Å²) >= 11 is 5.97. The summed E-state index contributed by atoms with van der Waals surface area (Å²) in [6, 6.07) is 13.8. The topological polar surface area (TPSA) is 76.1 Å². The van der Waals surface area contributed by atoms with E-state index in [2.05, 4.69) is 10.3 Å². The molecule has 1 aromatic heterocycles. The van der Waals surface area contributed by atoms with E-state index in [1.807, 2.05) is 32.0 Å². The lowest BCUT2D eigenvalue weighted by Gasteiger charge is -2.17. The molecule has 1 saturated carbocycles. The number of nitrogens with zero attached hydrogens (tertiary/aromatic N) is 1. The van der Waals surface area contributed by atoms with Crippen molar-refractivity contribution in [2.45, 2.75) is 39.2 Å². The summed E-state index contributed by atoms with van der Waals surface area (Å²) in [5, 5.41) is 3.38. The first-order chi connectivity index (χ1) is 16.2. The van der Waals surface area contributed by atoms with Gasteiger partial charge < -0.3 is 5.32 Å². The highest BCUT2D eigenvalue weighted by Crippen LogP contribution is 2.38. The van der Waals surface area contributed by atoms with Crippen LogP contribution in [0.15, 0.2) is 54.7 Å². The molecule has 34 heavy (non-hydrogen) atoms. The number of hydrogen-bond acceptors (Lipinski definition) is 4. The minimum atomic E-state index is -0.874. The van der Waals surface area contributed by atoms with Crippen molar-refractivity contribution in [1.29, 1.82) is 0 Å². The fourth-order valence-corrected chi connectivity index (χ4v) is 4.81. The van der Waals surface area contributed by atoms with Gasteiger partial charge in [0.1, 0.15) is 17.5 Å². The zero-order valence-corrected chi connectivity index (χ0v) is 19.7. The smallest absolute Gasteiger partial charge is 0.221 e. The summed E-state index contributed by atoms with van der Waals surface area (Å²) in [5.74, 6) is -2.61. The highest BCUT2D eigenvalue weighted by molar-refractivity contribution is 6.30. The molecule has 1 amide bonds. The Hall–Kier alpha value is -3.38. The number of Topliss-reactive ketones (excluding diaryl/α,β-unsaturated/α-hetero) is 2. The third-order valence-electron chi connectivity index (χ3n) is 6.17. The lowest BCUT2D eigenvalue weighted by atomic mass is 9.85. The maximum atomic E-state index is 13.2. The van der Waals surface area contributed by atoms with Gasteiger partial charge in [0.05, 0.1) is 11.9 Å². The van der Waals surface area contributed by atoms with Crippen molar-refractivity contribution in [3.8, 4) is 11.3 Å². The van der Waals surface area contributed by atoms with E-state index in [1.165, 1.54) is 6.07 Å². The summed E-state index contributed by atoms with van der Waals surface area (Å²) in [4.78, 5) is 42.7. The maximum Gasteiger partial charge on any atom is 0.221 e. The van der Waals surface area contributed by atoms with Crippen molar-refractivity contribution < 1.29 is 18.8 Å². The monoisotopic (exact) mass is 478 g/mol. The minimum absolute atomic E-state index is 0.0304. The average Bonchev–Trinajstić information content (AvgIpc) is 3.05. The first-order valence-electron chi connectivity index (χ1n) is 11.0. The molecule has 174 valence electrons. The third-order valence-corrected chi connectivity index (χ3v) is 6.41. The predicted molar refractivity (Wildman–Crippen MR) is 128 cm³/mol. The number of carbonyl (C=O) groups excluding carboxylic acids is 3. The van der Waals surface area contributed by atoms with Gasteiger partial charge >= 0.3 is 0 Å². The van der Waals surface area contributed by atoms with Crippen LogP contribution in [0, 0.1) is 25.6 Å². The maximum absolute atomic E-state index is 13.2. The van der Waals surface area contributed by atoms with Gasteiger partial charge in [0.15, 0.2) is 5.78 Å². The standard InChI is InChI=1S/C27H24ClFN2O3/c1-15-8-18(22-7-6-21(29)14-30-22)9-16(2)25(15)26-23(32)11-19(27(26)34)12-24(33)31-13-17-4-3-5-20(28)10-17/h3-10,14,19,26H,11-13H2,1-2H3,(H,31,33). The molecule has 2 unspecified atom stereocenters. The molecule has 0 aliphatic heterocycles. The number of pyridine rings is 1. The molecule has 3 aromatic rings. The van der Waals surface area contributed by atoms with Crippen molar-refractivity contribution in [3.05, 3.63) is 87.8 Å². The number of halogens is 2. The van der Waals surface area contributed by atoms with Gasteiger partial charge in [0, 0.05) is 35.9 Å². The van der Waals surface area contributed by atoms with E-state index < -0.39 is 17.7 Å². The number of hydrogen-bond donors (Lipinski definition) is 1. The van der Waals surface area contributed by atoms with Gasteiger partial charge in [-0.3, -0.25) is 19.4 Å². The van der Waals surface area contributed by atoms with E-state index >= 15 is 0 Å². The van der Waals surface area contributed by atoms with E-state index in [9.17, 15) is 18.8 Å². The predicted octanol–water partition coefficient (Wildman–Crippen LogP) is 5.11. The summed E-state index contributed by atoms with van der Waals surface area (Å²) in [7, 11) is 0. The Bertz CT molecular complexity index is 1250. The molecule has 0 saturated heterocycles. The molecule has 0 spiro atoms. The Balaban J connectivity index is 1.48. The van der Waals surface area contributed by atoms with Crippen molar-refractivity contribution >= 4 is 29.1 Å². The largest absolute Gasteiger partial charge is 0.352 e. The van der Waals surface area contributed by atoms with E-state index in [-0.39, 0.29) is 30.3 Å². The van der Waals surface area contributed by atoms with Gasteiger partial charge in [-0.2, -0.15) is 0 Å². The molecule has 1 aliphatic carbocycles. The highest BCUT2D eigenvalue weighted by Gasteiger charge is 2.43. The minimum Gasteiger partial charge on any atom is -0.352 e. The van der Waals surface area contributed by atoms with Crippen LogP contribution in [0.2, 0.25) is 5.02 Å². The first kappa shape index (κ1) is 23.8. The molecular formula is C27H24ClFN2O3. The lowest BCUT2D eigenvalue weighted by Crippen LogP contribution is -2.27. The number of aromatic nitrogens is 1. The summed E-state index contributed by atoms with van der Waals surface area (Å²) in [6.07, 6.45) is 1.17. The Morgan fingerprint density at radius 1 is 1.12 bits per heavy atom. The molecule has 5 nitrogen and oxygen atoms in total. The number of aryl methyl sites for hydroxylation is 2. The number of amides is 1. The summed E-state index contributed by atoms with van der Waals surface area (Å²) in [6.45, 7) is 4.00. The molecule has 7 heteroatoms. The third kappa shape index (κ3) is 5.07. The van der Waals surface area contributed by atoms with Gasteiger partial charge in [-0.05, 0) is 72.5 Å². The van der Waals surface area contributed by atoms with E-state index in [0.717, 1.165) is 28.5 Å². The fourth-order valence-electron chi connectivity index (χ4n) is 4.60. The van der Waals surface area contributed by atoms with Gasteiger partial charge in [-0.15, -0.1) is 0 Å². The van der Waals surface area contributed by atoms with Crippen molar-refractivity contribution in [2.75, 3.05) is 0 Å². The molecule has 1 heterocycles. The van der Waals surface area contributed by atoms with Gasteiger partial charge in [-0.25, -0.2) is 4.39 Å². The highest BCUT2D eigenvalue weighted by atomic mass is 35.5. The second-order valence-corrected chi connectivity index (χ2v) is 9.14. The van der Waals surface area contributed by atoms with Crippen LogP contribution in [0.1, 0.15) is 41.0 Å². The Labute approximate surface area is 202 Å². The van der Waals surface area contributed by atoms with Crippen LogP contribution in [0.25, 0.3) is 11.3 Å². The molecule has 2 atom stereocenters. The molecule has 1 aliphatic rings. The van der Waals surface area contributed by atoms with Crippen molar-refractivity contribution in [1.82, 2.24) is 10.3 Å². The van der Waals surface area contributed by atoms with E-state index in [4.69, 9.17) is 11.6 Å². The second kappa shape index (κ2) is 9.85. The van der Waals surface area contributed by atoms with Crippen LogP contribution in [0.3, 0.4) is 0 Å². The number of ketones is 2. The quantitative estimate of drug-likeness (QED) is 0.500. The SMILES string of the molecule is Cc1cc(-c2ccc(F)cn2)cc(C)c1C1C(=O)CC(CC(=O)NCc2cccc(Cl)c2)C1=O. The van der Waals surface area contributed by atoms with Crippen LogP contribution in [-0.4, -0.2) is 22.5 Å². The zero-order chi connectivity index (χ0) is 24.4. The van der Waals surface area contributed by atoms with Gasteiger partial charge in [-0.1, -0.05) is 23.7 Å².